The Bertz CT molecular complexity index is 664. The van der Waals surface area contributed by atoms with Crippen LogP contribution < -0.4 is 5.32 Å². The molecule has 0 spiro atoms. The molecule has 0 unspecified atom stereocenters. The largest absolute Gasteiger partial charge is 0.338 e. The molecule has 2 heterocycles. The SMILES string of the molecule is Clc1ccccc1Nc1ncnc2[nH]ncc12. The standard InChI is InChI=1S/C11H8ClN5/c12-8-3-1-2-4-9(8)16-10-7-5-15-17-11(7)14-6-13-10/h1-6H,(H2,13,14,15,16,17). The van der Waals surface area contributed by atoms with Gasteiger partial charge in [0, 0.05) is 0 Å². The van der Waals surface area contributed by atoms with Crippen LogP contribution >= 0.6 is 11.6 Å². The fraction of sp³-hybridized carbons (Fsp3) is 0. The second kappa shape index (κ2) is 4.03. The smallest absolute Gasteiger partial charge is 0.160 e. The van der Waals surface area contributed by atoms with E-state index in [0.717, 1.165) is 11.1 Å². The lowest BCUT2D eigenvalue weighted by Crippen LogP contribution is -1.95. The van der Waals surface area contributed by atoms with Crippen LogP contribution in [0.15, 0.2) is 36.8 Å². The van der Waals surface area contributed by atoms with E-state index in [0.29, 0.717) is 16.5 Å². The number of rotatable bonds is 2. The van der Waals surface area contributed by atoms with Crippen LogP contribution in [0.5, 0.6) is 0 Å². The van der Waals surface area contributed by atoms with Crippen molar-refractivity contribution in [2.45, 2.75) is 0 Å². The minimum atomic E-state index is 0.641. The van der Waals surface area contributed by atoms with Gasteiger partial charge in [-0.2, -0.15) is 5.10 Å². The van der Waals surface area contributed by atoms with Crippen LogP contribution in [0, 0.1) is 0 Å². The van der Waals surface area contributed by atoms with Crippen LogP contribution in [-0.2, 0) is 0 Å². The molecule has 3 aromatic rings. The van der Waals surface area contributed by atoms with Crippen molar-refractivity contribution in [1.82, 2.24) is 20.2 Å². The first kappa shape index (κ1) is 10.0. The van der Waals surface area contributed by atoms with Gasteiger partial charge in [0.15, 0.2) is 5.65 Å². The fourth-order valence-electron chi connectivity index (χ4n) is 1.55. The van der Waals surface area contributed by atoms with Crippen LogP contribution in [0.2, 0.25) is 5.02 Å². The minimum absolute atomic E-state index is 0.641. The molecule has 0 aliphatic rings. The zero-order valence-corrected chi connectivity index (χ0v) is 9.44. The molecule has 17 heavy (non-hydrogen) atoms. The summed E-state index contributed by atoms with van der Waals surface area (Å²) < 4.78 is 0. The molecular formula is C11H8ClN5. The van der Waals surface area contributed by atoms with E-state index in [1.807, 2.05) is 24.3 Å². The van der Waals surface area contributed by atoms with E-state index in [9.17, 15) is 0 Å². The van der Waals surface area contributed by atoms with Gasteiger partial charge in [-0.05, 0) is 12.1 Å². The van der Waals surface area contributed by atoms with Gasteiger partial charge in [0.05, 0.1) is 22.3 Å². The maximum Gasteiger partial charge on any atom is 0.160 e. The molecule has 5 nitrogen and oxygen atoms in total. The summed E-state index contributed by atoms with van der Waals surface area (Å²) in [6.45, 7) is 0. The third kappa shape index (κ3) is 1.81. The van der Waals surface area contributed by atoms with Gasteiger partial charge in [-0.1, -0.05) is 23.7 Å². The number of aromatic nitrogens is 4. The molecular weight excluding hydrogens is 238 g/mol. The molecule has 0 saturated carbocycles. The highest BCUT2D eigenvalue weighted by Gasteiger charge is 2.06. The first-order valence-corrected chi connectivity index (χ1v) is 5.38. The Kier molecular flexibility index (Phi) is 2.38. The highest BCUT2D eigenvalue weighted by atomic mass is 35.5. The van der Waals surface area contributed by atoms with Crippen molar-refractivity contribution in [3.63, 3.8) is 0 Å². The van der Waals surface area contributed by atoms with Gasteiger partial charge in [0.2, 0.25) is 0 Å². The molecule has 6 heteroatoms. The topological polar surface area (TPSA) is 66.5 Å². The van der Waals surface area contributed by atoms with E-state index in [-0.39, 0.29) is 0 Å². The summed E-state index contributed by atoms with van der Waals surface area (Å²) in [4.78, 5) is 8.24. The summed E-state index contributed by atoms with van der Waals surface area (Å²) in [7, 11) is 0. The average Bonchev–Trinajstić information content (AvgIpc) is 2.81. The first-order chi connectivity index (χ1) is 8.34. The summed E-state index contributed by atoms with van der Waals surface area (Å²) in [6.07, 6.45) is 3.15. The summed E-state index contributed by atoms with van der Waals surface area (Å²) in [5.41, 5.74) is 1.49. The van der Waals surface area contributed by atoms with Gasteiger partial charge in [-0.25, -0.2) is 9.97 Å². The molecule has 2 N–H and O–H groups in total. The second-order valence-electron chi connectivity index (χ2n) is 3.46. The zero-order chi connectivity index (χ0) is 11.7. The molecule has 2 aromatic heterocycles. The maximum atomic E-state index is 6.07. The number of nitrogens with one attached hydrogen (secondary N) is 2. The van der Waals surface area contributed by atoms with Crippen LogP contribution in [-0.4, -0.2) is 20.2 Å². The number of hydrogen-bond acceptors (Lipinski definition) is 4. The molecule has 0 bridgehead atoms. The Hall–Kier alpha value is -2.14. The lowest BCUT2D eigenvalue weighted by Gasteiger charge is -2.07. The fourth-order valence-corrected chi connectivity index (χ4v) is 1.74. The van der Waals surface area contributed by atoms with Crippen LogP contribution in [0.4, 0.5) is 11.5 Å². The van der Waals surface area contributed by atoms with Gasteiger partial charge in [-0.15, -0.1) is 0 Å². The van der Waals surface area contributed by atoms with Crippen LogP contribution in [0.3, 0.4) is 0 Å². The molecule has 1 aromatic carbocycles. The Morgan fingerprint density at radius 1 is 1.18 bits per heavy atom. The number of benzene rings is 1. The minimum Gasteiger partial charge on any atom is -0.338 e. The monoisotopic (exact) mass is 245 g/mol. The van der Waals surface area contributed by atoms with Crippen molar-refractivity contribution >= 4 is 34.1 Å². The first-order valence-electron chi connectivity index (χ1n) is 5.00. The Morgan fingerprint density at radius 3 is 2.94 bits per heavy atom. The highest BCUT2D eigenvalue weighted by molar-refractivity contribution is 6.33. The van der Waals surface area contributed by atoms with Gasteiger partial charge >= 0.3 is 0 Å². The number of fused-ring (bicyclic) bond motifs is 1. The molecule has 0 aliphatic carbocycles. The Labute approximate surface area is 102 Å². The van der Waals surface area contributed by atoms with E-state index in [4.69, 9.17) is 11.6 Å². The number of H-pyrrole nitrogens is 1. The third-order valence-corrected chi connectivity index (χ3v) is 2.70. The zero-order valence-electron chi connectivity index (χ0n) is 8.68. The molecule has 0 amide bonds. The Morgan fingerprint density at radius 2 is 2.06 bits per heavy atom. The molecule has 0 atom stereocenters. The maximum absolute atomic E-state index is 6.07. The Balaban J connectivity index is 2.06. The number of aromatic amines is 1. The number of hydrogen-bond donors (Lipinski definition) is 2. The van der Waals surface area contributed by atoms with Crippen LogP contribution in [0.1, 0.15) is 0 Å². The highest BCUT2D eigenvalue weighted by Crippen LogP contribution is 2.26. The lowest BCUT2D eigenvalue weighted by atomic mass is 10.3. The normalized spacial score (nSPS) is 10.6. The van der Waals surface area contributed by atoms with E-state index >= 15 is 0 Å². The van der Waals surface area contributed by atoms with Crippen LogP contribution in [0.25, 0.3) is 11.0 Å². The van der Waals surface area contributed by atoms with Crippen molar-refractivity contribution in [2.75, 3.05) is 5.32 Å². The molecule has 0 aliphatic heterocycles. The van der Waals surface area contributed by atoms with E-state index in [1.54, 1.807) is 6.20 Å². The third-order valence-electron chi connectivity index (χ3n) is 2.37. The second-order valence-corrected chi connectivity index (χ2v) is 3.87. The molecule has 0 fully saturated rings. The van der Waals surface area contributed by atoms with E-state index in [2.05, 4.69) is 25.5 Å². The van der Waals surface area contributed by atoms with Crippen molar-refractivity contribution in [3.8, 4) is 0 Å². The molecule has 3 rings (SSSR count). The van der Waals surface area contributed by atoms with Crippen molar-refractivity contribution in [2.24, 2.45) is 0 Å². The van der Waals surface area contributed by atoms with Crippen molar-refractivity contribution < 1.29 is 0 Å². The summed E-state index contributed by atoms with van der Waals surface area (Å²) in [6, 6.07) is 7.48. The number of anilines is 2. The van der Waals surface area contributed by atoms with Gasteiger partial charge in [-0.3, -0.25) is 5.10 Å². The summed E-state index contributed by atoms with van der Waals surface area (Å²) in [5.74, 6) is 0.678. The van der Waals surface area contributed by atoms with Gasteiger partial charge < -0.3 is 5.32 Å². The number of halogens is 1. The van der Waals surface area contributed by atoms with E-state index < -0.39 is 0 Å². The summed E-state index contributed by atoms with van der Waals surface area (Å²) >= 11 is 6.07. The predicted molar refractivity (Wildman–Crippen MR) is 66.4 cm³/mol. The molecule has 84 valence electrons. The van der Waals surface area contributed by atoms with Crippen molar-refractivity contribution in [1.29, 1.82) is 0 Å². The number of para-hydroxylation sites is 1. The summed E-state index contributed by atoms with van der Waals surface area (Å²) in [5, 5.41) is 11.3. The quantitative estimate of drug-likeness (QED) is 0.729. The lowest BCUT2D eigenvalue weighted by molar-refractivity contribution is 1.09. The van der Waals surface area contributed by atoms with Crippen molar-refractivity contribution in [3.05, 3.63) is 41.8 Å². The van der Waals surface area contributed by atoms with E-state index in [1.165, 1.54) is 6.33 Å². The average molecular weight is 246 g/mol. The van der Waals surface area contributed by atoms with Gasteiger partial charge in [0.1, 0.15) is 12.1 Å². The molecule has 0 radical (unpaired) electrons. The number of nitrogens with zero attached hydrogens (tertiary/aromatic N) is 3. The molecule has 0 saturated heterocycles. The van der Waals surface area contributed by atoms with Gasteiger partial charge in [0.25, 0.3) is 0 Å². The predicted octanol–water partition coefficient (Wildman–Crippen LogP) is 2.75.